The predicted molar refractivity (Wildman–Crippen MR) is 120 cm³/mol. The monoisotopic (exact) mass is 421 g/mol. The van der Waals surface area contributed by atoms with Gasteiger partial charge >= 0.3 is 0 Å². The van der Waals surface area contributed by atoms with Crippen LogP contribution in [0.25, 0.3) is 5.69 Å². The van der Waals surface area contributed by atoms with Crippen molar-refractivity contribution in [1.82, 2.24) is 8.87 Å². The van der Waals surface area contributed by atoms with Gasteiger partial charge in [0.15, 0.2) is 0 Å². The molecule has 156 valence electrons. The number of hydrogen-bond acceptors (Lipinski definition) is 3. The highest BCUT2D eigenvalue weighted by Crippen LogP contribution is 2.45. The molecule has 0 bridgehead atoms. The van der Waals surface area contributed by atoms with Crippen LogP contribution in [0, 0.1) is 13.8 Å². The van der Waals surface area contributed by atoms with Crippen LogP contribution in [0.5, 0.6) is 0 Å². The van der Waals surface area contributed by atoms with Gasteiger partial charge in [0.2, 0.25) is 10.0 Å². The lowest BCUT2D eigenvalue weighted by molar-refractivity contribution is 0.247. The molecule has 0 radical (unpaired) electrons. The molecule has 0 saturated carbocycles. The van der Waals surface area contributed by atoms with Gasteiger partial charge in [0.1, 0.15) is 0 Å². The first-order chi connectivity index (χ1) is 14.4. The van der Waals surface area contributed by atoms with E-state index < -0.39 is 10.0 Å². The van der Waals surface area contributed by atoms with E-state index >= 15 is 0 Å². The van der Waals surface area contributed by atoms with E-state index in [1.165, 1.54) is 22.5 Å². The minimum atomic E-state index is -3.33. The van der Waals surface area contributed by atoms with E-state index in [-0.39, 0.29) is 11.3 Å². The Morgan fingerprint density at radius 3 is 2.43 bits per heavy atom. The molecule has 2 aromatic carbocycles. The van der Waals surface area contributed by atoms with Crippen LogP contribution in [0.3, 0.4) is 0 Å². The van der Waals surface area contributed by atoms with Gasteiger partial charge < -0.3 is 9.88 Å². The second-order valence-electron chi connectivity index (χ2n) is 8.52. The summed E-state index contributed by atoms with van der Waals surface area (Å²) >= 11 is 0. The summed E-state index contributed by atoms with van der Waals surface area (Å²) < 4.78 is 30.0. The number of hydrogen-bond donors (Lipinski definition) is 1. The van der Waals surface area contributed by atoms with Gasteiger partial charge in [-0.3, -0.25) is 0 Å². The van der Waals surface area contributed by atoms with Crippen LogP contribution in [-0.4, -0.2) is 30.4 Å². The van der Waals surface area contributed by atoms with Crippen LogP contribution in [0.1, 0.15) is 35.2 Å². The number of anilines is 1. The number of nitrogens with zero attached hydrogens (tertiary/aromatic N) is 2. The fraction of sp³-hybridized carbons (Fsp3) is 0.333. The third kappa shape index (κ3) is 3.06. The number of nitrogens with one attached hydrogen (secondary N) is 1. The summed E-state index contributed by atoms with van der Waals surface area (Å²) in [5.41, 5.74) is 6.70. The number of fused-ring (bicyclic) bond motifs is 4. The second-order valence-corrected chi connectivity index (χ2v) is 10.5. The van der Waals surface area contributed by atoms with Crippen LogP contribution in [0.4, 0.5) is 5.69 Å². The number of piperidine rings is 1. The number of benzene rings is 2. The summed E-state index contributed by atoms with van der Waals surface area (Å²) in [7, 11) is -3.33. The maximum atomic E-state index is 13.0. The molecule has 0 atom stereocenters. The largest absolute Gasteiger partial charge is 0.372 e. The number of sulfonamides is 1. The third-order valence-electron chi connectivity index (χ3n) is 6.72. The van der Waals surface area contributed by atoms with Crippen molar-refractivity contribution in [2.75, 3.05) is 18.4 Å². The molecule has 6 heteroatoms. The van der Waals surface area contributed by atoms with Gasteiger partial charge in [-0.2, -0.15) is 0 Å². The van der Waals surface area contributed by atoms with Gasteiger partial charge in [0, 0.05) is 25.0 Å². The molecule has 2 aliphatic rings. The Morgan fingerprint density at radius 1 is 0.967 bits per heavy atom. The maximum absolute atomic E-state index is 13.0. The van der Waals surface area contributed by atoms with Crippen LogP contribution in [0.15, 0.2) is 60.8 Å². The summed E-state index contributed by atoms with van der Waals surface area (Å²) in [5, 5.41) is 3.80. The maximum Gasteiger partial charge on any atom is 0.218 e. The minimum Gasteiger partial charge on any atom is -0.372 e. The van der Waals surface area contributed by atoms with Crippen molar-refractivity contribution >= 4 is 15.7 Å². The van der Waals surface area contributed by atoms with Crippen molar-refractivity contribution in [2.24, 2.45) is 0 Å². The van der Waals surface area contributed by atoms with Gasteiger partial charge in [-0.1, -0.05) is 36.4 Å². The van der Waals surface area contributed by atoms with Crippen molar-refractivity contribution in [3.05, 3.63) is 83.2 Å². The van der Waals surface area contributed by atoms with Crippen LogP contribution < -0.4 is 5.32 Å². The molecular weight excluding hydrogens is 394 g/mol. The zero-order valence-electron chi connectivity index (χ0n) is 17.4. The van der Waals surface area contributed by atoms with E-state index in [0.717, 1.165) is 24.1 Å². The Kier molecular flexibility index (Phi) is 4.52. The molecule has 3 heterocycles. The fourth-order valence-corrected chi connectivity index (χ4v) is 6.44. The highest BCUT2D eigenvalue weighted by Gasteiger charge is 2.43. The van der Waals surface area contributed by atoms with Gasteiger partial charge in [0.25, 0.3) is 0 Å². The summed E-state index contributed by atoms with van der Waals surface area (Å²) in [6.07, 6.45) is 3.62. The number of rotatable bonds is 3. The van der Waals surface area contributed by atoms with Crippen molar-refractivity contribution < 1.29 is 8.42 Å². The Labute approximate surface area is 178 Å². The van der Waals surface area contributed by atoms with Crippen molar-refractivity contribution in [2.45, 2.75) is 38.0 Å². The van der Waals surface area contributed by atoms with E-state index in [1.54, 1.807) is 4.31 Å². The van der Waals surface area contributed by atoms with E-state index in [4.69, 9.17) is 0 Å². The zero-order valence-corrected chi connectivity index (χ0v) is 18.2. The quantitative estimate of drug-likeness (QED) is 0.684. The Hall–Kier alpha value is -2.57. The predicted octanol–water partition coefficient (Wildman–Crippen LogP) is 4.34. The molecule has 0 unspecified atom stereocenters. The average molecular weight is 422 g/mol. The molecular formula is C24H27N3O2S. The lowest BCUT2D eigenvalue weighted by Gasteiger charge is -2.46. The molecule has 5 rings (SSSR count). The normalized spacial score (nSPS) is 17.9. The fourth-order valence-electron chi connectivity index (χ4n) is 4.90. The Bertz CT molecular complexity index is 1190. The number of aromatic nitrogens is 1. The first kappa shape index (κ1) is 19.4. The molecule has 5 nitrogen and oxygen atoms in total. The van der Waals surface area contributed by atoms with Gasteiger partial charge in [0.05, 0.1) is 22.7 Å². The van der Waals surface area contributed by atoms with E-state index in [2.05, 4.69) is 54.2 Å². The molecule has 3 aromatic rings. The lowest BCUT2D eigenvalue weighted by Crippen LogP contribution is -2.51. The zero-order chi connectivity index (χ0) is 20.9. The molecule has 1 N–H and O–H groups in total. The van der Waals surface area contributed by atoms with Gasteiger partial charge in [-0.25, -0.2) is 12.7 Å². The van der Waals surface area contributed by atoms with Crippen molar-refractivity contribution in [3.8, 4) is 5.69 Å². The summed E-state index contributed by atoms with van der Waals surface area (Å²) in [4.78, 5) is 0. The van der Waals surface area contributed by atoms with E-state index in [1.807, 2.05) is 30.3 Å². The average Bonchev–Trinajstić information content (AvgIpc) is 3.23. The second kappa shape index (κ2) is 7.00. The topological polar surface area (TPSA) is 54.3 Å². The number of aryl methyl sites for hydroxylation is 1. The first-order valence-electron chi connectivity index (χ1n) is 10.5. The lowest BCUT2D eigenvalue weighted by atomic mass is 9.82. The van der Waals surface area contributed by atoms with Crippen LogP contribution in [-0.2, 0) is 21.3 Å². The first-order valence-corrected chi connectivity index (χ1v) is 12.1. The molecule has 0 aliphatic carbocycles. The molecule has 2 aliphatic heterocycles. The molecule has 1 aromatic heterocycles. The van der Waals surface area contributed by atoms with Crippen LogP contribution in [0.2, 0.25) is 0 Å². The molecule has 0 amide bonds. The van der Waals surface area contributed by atoms with Crippen molar-refractivity contribution in [1.29, 1.82) is 0 Å². The van der Waals surface area contributed by atoms with Gasteiger partial charge in [-0.05, 0) is 61.6 Å². The highest BCUT2D eigenvalue weighted by atomic mass is 32.2. The highest BCUT2D eigenvalue weighted by molar-refractivity contribution is 7.88. The van der Waals surface area contributed by atoms with Gasteiger partial charge in [-0.15, -0.1) is 0 Å². The minimum absolute atomic E-state index is 0.0615. The summed E-state index contributed by atoms with van der Waals surface area (Å²) in [6, 6.07) is 18.0. The molecule has 1 spiro atoms. The summed E-state index contributed by atoms with van der Waals surface area (Å²) in [6.45, 7) is 5.34. The molecule has 30 heavy (non-hydrogen) atoms. The standard InChI is InChI=1S/C24H27N3O2S/c1-18-10-11-21-23(19(18)2)27-14-6-9-22(27)24(25-21)12-15-26(16-13-24)30(28,29)17-20-7-4-3-5-8-20/h3-11,14,25H,12-13,15-17H2,1-2H3. The smallest absolute Gasteiger partial charge is 0.218 e. The van der Waals surface area contributed by atoms with Crippen LogP contribution >= 0.6 is 0 Å². The van der Waals surface area contributed by atoms with Crippen molar-refractivity contribution in [3.63, 3.8) is 0 Å². The van der Waals surface area contributed by atoms with E-state index in [0.29, 0.717) is 13.1 Å². The van der Waals surface area contributed by atoms with E-state index in [9.17, 15) is 8.42 Å². The molecule has 1 fully saturated rings. The molecule has 1 saturated heterocycles. The summed E-state index contributed by atoms with van der Waals surface area (Å²) in [5.74, 6) is 0.0615. The Balaban J connectivity index is 1.42. The Morgan fingerprint density at radius 2 is 1.70 bits per heavy atom. The third-order valence-corrected chi connectivity index (χ3v) is 8.57. The SMILES string of the molecule is Cc1ccc2c(c1C)-n1cccc1C1(CCN(S(=O)(=O)Cc3ccccc3)CC1)N2.